The first-order valence-electron chi connectivity index (χ1n) is 13.8. The van der Waals surface area contributed by atoms with Crippen LogP contribution in [0.25, 0.3) is 0 Å². The normalized spacial score (nSPS) is 20.3. The molecule has 0 unspecified atom stereocenters. The molecule has 2 N–H and O–H groups in total. The molecule has 0 bridgehead atoms. The van der Waals surface area contributed by atoms with Gasteiger partial charge in [-0.15, -0.1) is 5.10 Å². The van der Waals surface area contributed by atoms with Crippen LogP contribution in [0.15, 0.2) is 36.5 Å². The van der Waals surface area contributed by atoms with Crippen LogP contribution in [-0.2, 0) is 22.7 Å². The molecular weight excluding hydrogens is 494 g/mol. The molecule has 1 aliphatic carbocycles. The number of aryl methyl sites for hydroxylation is 2. The maximum Gasteiger partial charge on any atom is 0.248 e. The maximum absolute atomic E-state index is 13.9. The standard InChI is InChI=1S/C29H39N7O3/c1-18-11-19(2)35(32-18)15-21-8-6-7-20(12-21)14-30-27(38)25-13-23(37)16-34(25)28(39)26(29(3,4)5)36-17-24(31-33-36)22-9-10-22/h6-8,11-12,17,22-23,25-26,37H,9-10,13-16H2,1-5H3,(H,30,38)/t23-,25+,26-/m1/s1. The molecule has 2 amide bonds. The van der Waals surface area contributed by atoms with Crippen molar-refractivity contribution in [2.75, 3.05) is 6.54 Å². The van der Waals surface area contributed by atoms with Gasteiger partial charge in [-0.05, 0) is 49.3 Å². The predicted octanol–water partition coefficient (Wildman–Crippen LogP) is 2.88. The van der Waals surface area contributed by atoms with Crippen LogP contribution >= 0.6 is 0 Å². The van der Waals surface area contributed by atoms with Crippen molar-refractivity contribution in [3.63, 3.8) is 0 Å². The molecule has 1 aliphatic heterocycles. The third kappa shape index (κ3) is 6.06. The second-order valence-corrected chi connectivity index (χ2v) is 12.2. The number of rotatable bonds is 8. The van der Waals surface area contributed by atoms with Crippen molar-refractivity contribution in [1.29, 1.82) is 0 Å². The van der Waals surface area contributed by atoms with Gasteiger partial charge < -0.3 is 15.3 Å². The molecule has 3 atom stereocenters. The number of nitrogens with one attached hydrogen (secondary N) is 1. The lowest BCUT2D eigenvalue weighted by atomic mass is 9.85. The molecule has 39 heavy (non-hydrogen) atoms. The minimum atomic E-state index is -0.757. The lowest BCUT2D eigenvalue weighted by Crippen LogP contribution is -2.50. The van der Waals surface area contributed by atoms with Crippen LogP contribution < -0.4 is 5.32 Å². The summed E-state index contributed by atoms with van der Waals surface area (Å²) in [5.74, 6) is -0.0695. The van der Waals surface area contributed by atoms with E-state index in [-0.39, 0.29) is 24.8 Å². The minimum absolute atomic E-state index is 0.117. The van der Waals surface area contributed by atoms with E-state index in [9.17, 15) is 14.7 Å². The molecule has 10 nitrogen and oxygen atoms in total. The van der Waals surface area contributed by atoms with Crippen LogP contribution in [-0.4, -0.2) is 65.3 Å². The smallest absolute Gasteiger partial charge is 0.248 e. The average Bonchev–Trinajstić information content (AvgIpc) is 3.34. The van der Waals surface area contributed by atoms with Gasteiger partial charge in [0.1, 0.15) is 12.1 Å². The van der Waals surface area contributed by atoms with E-state index >= 15 is 0 Å². The maximum atomic E-state index is 13.9. The van der Waals surface area contributed by atoms with Crippen LogP contribution in [0.3, 0.4) is 0 Å². The molecule has 208 valence electrons. The molecular formula is C29H39N7O3. The Hall–Kier alpha value is -3.53. The van der Waals surface area contributed by atoms with Gasteiger partial charge in [0.25, 0.3) is 0 Å². The summed E-state index contributed by atoms with van der Waals surface area (Å²) in [4.78, 5) is 28.8. The highest BCUT2D eigenvalue weighted by atomic mass is 16.3. The third-order valence-electron chi connectivity index (χ3n) is 7.60. The SMILES string of the molecule is Cc1cc(C)n(Cc2cccc(CNC(=O)[C@@H]3C[C@@H](O)CN3C(=O)[C@@H](n3cc(C4CC4)nn3)C(C)(C)C)c2)n1. The number of hydrogen-bond donors (Lipinski definition) is 2. The van der Waals surface area contributed by atoms with E-state index in [2.05, 4.69) is 26.8 Å². The molecule has 3 heterocycles. The van der Waals surface area contributed by atoms with Gasteiger partial charge in [-0.3, -0.25) is 14.3 Å². The highest BCUT2D eigenvalue weighted by molar-refractivity contribution is 5.90. The van der Waals surface area contributed by atoms with E-state index in [1.165, 1.54) is 4.90 Å². The van der Waals surface area contributed by atoms with E-state index < -0.39 is 23.6 Å². The Morgan fingerprint density at radius 1 is 1.15 bits per heavy atom. The Morgan fingerprint density at radius 2 is 1.90 bits per heavy atom. The van der Waals surface area contributed by atoms with E-state index in [0.717, 1.165) is 41.1 Å². The number of hydrogen-bond acceptors (Lipinski definition) is 6. The fraction of sp³-hybridized carbons (Fsp3) is 0.552. The van der Waals surface area contributed by atoms with Crippen molar-refractivity contribution in [1.82, 2.24) is 35.0 Å². The van der Waals surface area contributed by atoms with Gasteiger partial charge in [0.05, 0.1) is 24.0 Å². The second kappa shape index (κ2) is 10.6. The van der Waals surface area contributed by atoms with Crippen LogP contribution in [0.2, 0.25) is 0 Å². The number of carbonyl (C=O) groups excluding carboxylic acids is 2. The zero-order chi connectivity index (χ0) is 27.9. The summed E-state index contributed by atoms with van der Waals surface area (Å²) in [6.45, 7) is 11.0. The Balaban J connectivity index is 1.27. The molecule has 2 fully saturated rings. The minimum Gasteiger partial charge on any atom is -0.391 e. The Bertz CT molecular complexity index is 1350. The number of benzene rings is 1. The van der Waals surface area contributed by atoms with Crippen molar-refractivity contribution in [2.45, 2.75) is 91.1 Å². The molecule has 5 rings (SSSR count). The molecule has 1 saturated heterocycles. The van der Waals surface area contributed by atoms with Crippen LogP contribution in [0, 0.1) is 19.3 Å². The number of aliphatic hydroxyl groups excluding tert-OH is 1. The fourth-order valence-corrected chi connectivity index (χ4v) is 5.48. The average molecular weight is 534 g/mol. The lowest BCUT2D eigenvalue weighted by molar-refractivity contribution is -0.144. The fourth-order valence-electron chi connectivity index (χ4n) is 5.48. The number of amides is 2. The van der Waals surface area contributed by atoms with E-state index in [1.54, 1.807) is 4.68 Å². The molecule has 3 aromatic rings. The van der Waals surface area contributed by atoms with Crippen molar-refractivity contribution >= 4 is 11.8 Å². The molecule has 10 heteroatoms. The molecule has 2 aliphatic rings. The lowest BCUT2D eigenvalue weighted by Gasteiger charge is -2.34. The summed E-state index contributed by atoms with van der Waals surface area (Å²) in [5, 5.41) is 26.6. The van der Waals surface area contributed by atoms with Crippen LogP contribution in [0.1, 0.15) is 80.2 Å². The molecule has 0 spiro atoms. The van der Waals surface area contributed by atoms with Crippen molar-refractivity contribution in [3.8, 4) is 0 Å². The van der Waals surface area contributed by atoms with Crippen molar-refractivity contribution in [3.05, 3.63) is 64.7 Å². The predicted molar refractivity (Wildman–Crippen MR) is 146 cm³/mol. The first kappa shape index (κ1) is 27.1. The Morgan fingerprint density at radius 3 is 2.56 bits per heavy atom. The zero-order valence-corrected chi connectivity index (χ0v) is 23.5. The first-order valence-corrected chi connectivity index (χ1v) is 13.8. The van der Waals surface area contributed by atoms with E-state index in [4.69, 9.17) is 0 Å². The number of aliphatic hydroxyl groups is 1. The van der Waals surface area contributed by atoms with E-state index in [1.807, 2.05) is 69.8 Å². The number of nitrogens with zero attached hydrogens (tertiary/aromatic N) is 6. The quantitative estimate of drug-likeness (QED) is 0.460. The van der Waals surface area contributed by atoms with E-state index in [0.29, 0.717) is 19.0 Å². The van der Waals surface area contributed by atoms with Gasteiger partial charge in [-0.2, -0.15) is 5.10 Å². The van der Waals surface area contributed by atoms with Crippen molar-refractivity contribution < 1.29 is 14.7 Å². The third-order valence-corrected chi connectivity index (χ3v) is 7.60. The van der Waals surface area contributed by atoms with Gasteiger partial charge in [0.15, 0.2) is 0 Å². The summed E-state index contributed by atoms with van der Waals surface area (Å²) in [6.07, 6.45) is 3.51. The second-order valence-electron chi connectivity index (χ2n) is 12.2. The summed E-state index contributed by atoms with van der Waals surface area (Å²) in [6, 6.07) is 8.70. The first-order chi connectivity index (χ1) is 18.5. The number of β-amino-alcohol motifs (C(OH)–C–C–N with tert-alkyl or cyclic N) is 1. The molecule has 1 aromatic carbocycles. The largest absolute Gasteiger partial charge is 0.391 e. The molecule has 0 radical (unpaired) electrons. The molecule has 2 aromatic heterocycles. The molecule has 1 saturated carbocycles. The van der Waals surface area contributed by atoms with Gasteiger partial charge in [0.2, 0.25) is 11.8 Å². The van der Waals surface area contributed by atoms with Crippen LogP contribution in [0.4, 0.5) is 0 Å². The number of likely N-dealkylation sites (tertiary alicyclic amines) is 1. The monoisotopic (exact) mass is 533 g/mol. The Kier molecular flexibility index (Phi) is 7.33. The Labute approximate surface area is 229 Å². The number of carbonyl (C=O) groups is 2. The van der Waals surface area contributed by atoms with Gasteiger partial charge in [0, 0.05) is 37.3 Å². The highest BCUT2D eigenvalue weighted by Gasteiger charge is 2.45. The summed E-state index contributed by atoms with van der Waals surface area (Å²) in [7, 11) is 0. The van der Waals surface area contributed by atoms with Crippen molar-refractivity contribution in [2.24, 2.45) is 5.41 Å². The highest BCUT2D eigenvalue weighted by Crippen LogP contribution is 2.40. The van der Waals surface area contributed by atoms with Gasteiger partial charge in [-0.1, -0.05) is 50.3 Å². The van der Waals surface area contributed by atoms with Gasteiger partial charge >= 0.3 is 0 Å². The number of aromatic nitrogens is 5. The topological polar surface area (TPSA) is 118 Å². The van der Waals surface area contributed by atoms with Crippen LogP contribution in [0.5, 0.6) is 0 Å². The summed E-state index contributed by atoms with van der Waals surface area (Å²) >= 11 is 0. The van der Waals surface area contributed by atoms with Gasteiger partial charge in [-0.25, -0.2) is 4.68 Å². The summed E-state index contributed by atoms with van der Waals surface area (Å²) in [5.41, 5.74) is 4.57. The zero-order valence-electron chi connectivity index (χ0n) is 23.5. The summed E-state index contributed by atoms with van der Waals surface area (Å²) < 4.78 is 3.61.